The molecule has 0 bridgehead atoms. The van der Waals surface area contributed by atoms with Crippen molar-refractivity contribution in [3.8, 4) is 5.75 Å². The van der Waals surface area contributed by atoms with Gasteiger partial charge in [0.05, 0.1) is 12.8 Å². The van der Waals surface area contributed by atoms with Gasteiger partial charge < -0.3 is 15.4 Å². The minimum atomic E-state index is 0.523. The summed E-state index contributed by atoms with van der Waals surface area (Å²) in [5.41, 5.74) is 3.89. The number of rotatable bonds is 5. The van der Waals surface area contributed by atoms with Crippen LogP contribution in [0.1, 0.15) is 11.3 Å². The van der Waals surface area contributed by atoms with Gasteiger partial charge in [0.1, 0.15) is 11.6 Å². The highest BCUT2D eigenvalue weighted by Gasteiger charge is 2.07. The van der Waals surface area contributed by atoms with Crippen molar-refractivity contribution in [2.75, 3.05) is 17.7 Å². The van der Waals surface area contributed by atoms with Crippen LogP contribution >= 0.6 is 0 Å². The second kappa shape index (κ2) is 7.00. The molecule has 2 N–H and O–H groups in total. The lowest BCUT2D eigenvalue weighted by atomic mass is 10.2. The van der Waals surface area contributed by atoms with Crippen LogP contribution in [0.25, 0.3) is 0 Å². The number of nitrogens with one attached hydrogen (secondary N) is 2. The summed E-state index contributed by atoms with van der Waals surface area (Å²) in [6.07, 6.45) is 0. The summed E-state index contributed by atoms with van der Waals surface area (Å²) in [6, 6.07) is 17.8. The van der Waals surface area contributed by atoms with Gasteiger partial charge >= 0.3 is 0 Å². The average Bonchev–Trinajstić information content (AvgIpc) is 2.55. The van der Waals surface area contributed by atoms with E-state index >= 15 is 0 Å². The number of hydrogen-bond acceptors (Lipinski definition) is 5. The molecule has 0 spiro atoms. The van der Waals surface area contributed by atoms with E-state index in [2.05, 4.69) is 39.7 Å². The molecular weight excluding hydrogens is 300 g/mol. The summed E-state index contributed by atoms with van der Waals surface area (Å²) in [4.78, 5) is 8.99. The molecule has 24 heavy (non-hydrogen) atoms. The molecule has 0 atom stereocenters. The van der Waals surface area contributed by atoms with E-state index in [0.717, 1.165) is 28.6 Å². The Morgan fingerprint density at radius 1 is 0.875 bits per heavy atom. The highest BCUT2D eigenvalue weighted by atomic mass is 16.5. The Hall–Kier alpha value is -3.08. The Bertz CT molecular complexity index is 848. The monoisotopic (exact) mass is 320 g/mol. The number of para-hydroxylation sites is 2. The van der Waals surface area contributed by atoms with Crippen molar-refractivity contribution in [1.29, 1.82) is 0 Å². The maximum absolute atomic E-state index is 5.35. The van der Waals surface area contributed by atoms with Gasteiger partial charge in [-0.1, -0.05) is 24.3 Å². The second-order valence-electron chi connectivity index (χ2n) is 5.54. The molecule has 0 amide bonds. The molecule has 0 saturated heterocycles. The van der Waals surface area contributed by atoms with Gasteiger partial charge in [0.25, 0.3) is 0 Å². The molecule has 0 fully saturated rings. The minimum absolute atomic E-state index is 0.523. The number of aromatic nitrogens is 2. The average molecular weight is 320 g/mol. The van der Waals surface area contributed by atoms with Crippen molar-refractivity contribution in [1.82, 2.24) is 9.97 Å². The highest BCUT2D eigenvalue weighted by Crippen LogP contribution is 2.26. The molecule has 3 aromatic rings. The Kier molecular flexibility index (Phi) is 4.61. The fourth-order valence-electron chi connectivity index (χ4n) is 2.43. The second-order valence-corrected chi connectivity index (χ2v) is 5.54. The molecule has 0 unspecified atom stereocenters. The summed E-state index contributed by atoms with van der Waals surface area (Å²) >= 11 is 0. The van der Waals surface area contributed by atoms with Crippen molar-refractivity contribution in [3.05, 3.63) is 65.9 Å². The molecule has 1 aromatic heterocycles. The Morgan fingerprint density at radius 3 is 2.50 bits per heavy atom. The van der Waals surface area contributed by atoms with Crippen LogP contribution in [-0.2, 0) is 0 Å². The Morgan fingerprint density at radius 2 is 1.71 bits per heavy atom. The summed E-state index contributed by atoms with van der Waals surface area (Å²) in [6.45, 7) is 4.00. The van der Waals surface area contributed by atoms with E-state index in [9.17, 15) is 0 Å². The molecule has 122 valence electrons. The summed E-state index contributed by atoms with van der Waals surface area (Å²) in [5, 5.41) is 6.53. The Balaban J connectivity index is 1.86. The van der Waals surface area contributed by atoms with Gasteiger partial charge in [0.2, 0.25) is 5.95 Å². The zero-order valence-corrected chi connectivity index (χ0v) is 14.0. The van der Waals surface area contributed by atoms with E-state index in [-0.39, 0.29) is 0 Å². The molecule has 2 aromatic carbocycles. The van der Waals surface area contributed by atoms with Crippen LogP contribution in [0, 0.1) is 13.8 Å². The lowest BCUT2D eigenvalue weighted by molar-refractivity contribution is 0.417. The number of benzene rings is 2. The van der Waals surface area contributed by atoms with Crippen molar-refractivity contribution in [2.24, 2.45) is 0 Å². The minimum Gasteiger partial charge on any atom is -0.495 e. The Labute approximate surface area is 141 Å². The molecule has 0 aliphatic carbocycles. The van der Waals surface area contributed by atoms with Crippen LogP contribution in [0.5, 0.6) is 5.75 Å². The van der Waals surface area contributed by atoms with Gasteiger partial charge in [-0.25, -0.2) is 4.98 Å². The van der Waals surface area contributed by atoms with Crippen molar-refractivity contribution >= 4 is 23.1 Å². The number of anilines is 4. The smallest absolute Gasteiger partial charge is 0.229 e. The van der Waals surface area contributed by atoms with Gasteiger partial charge in [-0.05, 0) is 43.7 Å². The predicted molar refractivity (Wildman–Crippen MR) is 97.5 cm³/mol. The van der Waals surface area contributed by atoms with Gasteiger partial charge in [-0.3, -0.25) is 0 Å². The van der Waals surface area contributed by atoms with E-state index in [1.54, 1.807) is 7.11 Å². The van der Waals surface area contributed by atoms with E-state index in [1.807, 2.05) is 49.4 Å². The van der Waals surface area contributed by atoms with Crippen LogP contribution in [0.2, 0.25) is 0 Å². The molecule has 0 aliphatic heterocycles. The molecule has 5 nitrogen and oxygen atoms in total. The first-order valence-electron chi connectivity index (χ1n) is 7.73. The topological polar surface area (TPSA) is 59.1 Å². The lowest BCUT2D eigenvalue weighted by Crippen LogP contribution is -2.03. The summed E-state index contributed by atoms with van der Waals surface area (Å²) in [5.74, 6) is 2.01. The maximum atomic E-state index is 5.35. The van der Waals surface area contributed by atoms with Gasteiger partial charge in [-0.2, -0.15) is 4.98 Å². The van der Waals surface area contributed by atoms with Crippen LogP contribution in [0.15, 0.2) is 54.6 Å². The van der Waals surface area contributed by atoms with Crippen LogP contribution in [0.3, 0.4) is 0 Å². The quantitative estimate of drug-likeness (QED) is 0.720. The van der Waals surface area contributed by atoms with Gasteiger partial charge in [0, 0.05) is 17.4 Å². The number of hydrogen-bond donors (Lipinski definition) is 2. The van der Waals surface area contributed by atoms with E-state index in [1.165, 1.54) is 5.56 Å². The standard InChI is InChI=1S/C19H20N4O/c1-13-7-6-8-15(11-13)21-18-12-14(2)20-19(23-18)22-16-9-4-5-10-17(16)24-3/h4-12H,1-3H3,(H2,20,21,22,23). The number of aryl methyl sites for hydroxylation is 2. The van der Waals surface area contributed by atoms with Crippen molar-refractivity contribution in [3.63, 3.8) is 0 Å². The molecular formula is C19H20N4O. The molecule has 3 rings (SSSR count). The third-order valence-corrected chi connectivity index (χ3v) is 3.50. The zero-order chi connectivity index (χ0) is 16.9. The van der Waals surface area contributed by atoms with E-state index < -0.39 is 0 Å². The van der Waals surface area contributed by atoms with Crippen LogP contribution in [0.4, 0.5) is 23.1 Å². The van der Waals surface area contributed by atoms with Crippen molar-refractivity contribution in [2.45, 2.75) is 13.8 Å². The lowest BCUT2D eigenvalue weighted by Gasteiger charge is -2.12. The number of nitrogens with zero attached hydrogens (tertiary/aromatic N) is 2. The molecule has 1 heterocycles. The molecule has 0 radical (unpaired) electrons. The molecule has 5 heteroatoms. The fraction of sp³-hybridized carbons (Fsp3) is 0.158. The molecule has 0 aliphatic rings. The first-order chi connectivity index (χ1) is 11.6. The fourth-order valence-corrected chi connectivity index (χ4v) is 2.43. The first-order valence-corrected chi connectivity index (χ1v) is 7.73. The third-order valence-electron chi connectivity index (χ3n) is 3.50. The van der Waals surface area contributed by atoms with Crippen LogP contribution < -0.4 is 15.4 Å². The maximum Gasteiger partial charge on any atom is 0.229 e. The van der Waals surface area contributed by atoms with Crippen LogP contribution in [-0.4, -0.2) is 17.1 Å². The van der Waals surface area contributed by atoms with Crippen molar-refractivity contribution < 1.29 is 4.74 Å². The SMILES string of the molecule is COc1ccccc1Nc1nc(C)cc(Nc2cccc(C)c2)n1. The van der Waals surface area contributed by atoms with Gasteiger partial charge in [0.15, 0.2) is 0 Å². The predicted octanol–water partition coefficient (Wildman–Crippen LogP) is 4.59. The van der Waals surface area contributed by atoms with Gasteiger partial charge in [-0.15, -0.1) is 0 Å². The largest absolute Gasteiger partial charge is 0.495 e. The third kappa shape index (κ3) is 3.81. The summed E-state index contributed by atoms with van der Waals surface area (Å²) < 4.78 is 5.35. The number of ether oxygens (including phenoxy) is 1. The van der Waals surface area contributed by atoms with E-state index in [0.29, 0.717) is 5.95 Å². The summed E-state index contributed by atoms with van der Waals surface area (Å²) in [7, 11) is 1.64. The first kappa shape index (κ1) is 15.8. The molecule has 0 saturated carbocycles. The number of methoxy groups -OCH3 is 1. The van der Waals surface area contributed by atoms with E-state index in [4.69, 9.17) is 4.74 Å². The zero-order valence-electron chi connectivity index (χ0n) is 14.0. The normalized spacial score (nSPS) is 10.3. The highest BCUT2D eigenvalue weighted by molar-refractivity contribution is 5.64.